The van der Waals surface area contributed by atoms with Gasteiger partial charge in [-0.15, -0.1) is 0 Å². The summed E-state index contributed by atoms with van der Waals surface area (Å²) in [7, 11) is 1.69. The van der Waals surface area contributed by atoms with Crippen LogP contribution in [0.15, 0.2) is 24.3 Å². The second-order valence-electron chi connectivity index (χ2n) is 4.11. The van der Waals surface area contributed by atoms with Crippen molar-refractivity contribution in [3.05, 3.63) is 29.8 Å². The van der Waals surface area contributed by atoms with E-state index in [1.807, 2.05) is 0 Å². The maximum absolute atomic E-state index is 11.0. The summed E-state index contributed by atoms with van der Waals surface area (Å²) in [4.78, 5) is 0. The van der Waals surface area contributed by atoms with Crippen LogP contribution in [-0.4, -0.2) is 19.3 Å². The zero-order valence-corrected chi connectivity index (χ0v) is 10.1. The second-order valence-corrected chi connectivity index (χ2v) is 6.89. The van der Waals surface area contributed by atoms with E-state index < -0.39 is 14.5 Å². The van der Waals surface area contributed by atoms with E-state index in [0.717, 1.165) is 5.56 Å². The molecule has 0 unspecified atom stereocenters. The Morgan fingerprint density at radius 1 is 1.27 bits per heavy atom. The lowest BCUT2D eigenvalue weighted by molar-refractivity contribution is 0.474. The van der Waals surface area contributed by atoms with Crippen molar-refractivity contribution in [1.29, 1.82) is 0 Å². The van der Waals surface area contributed by atoms with Crippen LogP contribution in [0.2, 0.25) is 0 Å². The number of phenolic OH excluding ortho intramolecular Hbond substituents is 1. The molecule has 3 nitrogen and oxygen atoms in total. The predicted octanol–water partition coefficient (Wildman–Crippen LogP) is 2.24. The molecule has 0 atom stereocenters. The minimum Gasteiger partial charge on any atom is -0.508 e. The molecule has 84 valence electrons. The minimum absolute atomic E-state index is 0.133. The predicted molar refractivity (Wildman–Crippen MR) is 60.8 cm³/mol. The zero-order valence-electron chi connectivity index (χ0n) is 8.57. The minimum atomic E-state index is -3.53. The molecule has 0 aromatic heterocycles. The molecule has 0 saturated carbocycles. The first-order chi connectivity index (χ1) is 6.71. The average molecular weight is 249 g/mol. The maximum atomic E-state index is 11.0. The Bertz CT molecular complexity index is 434. The normalized spacial score (nSPS) is 12.7. The Balaban J connectivity index is 3.00. The molecule has 1 rings (SSSR count). The summed E-state index contributed by atoms with van der Waals surface area (Å²) in [5, 5.41) is 9.11. The summed E-state index contributed by atoms with van der Waals surface area (Å²) in [6.45, 7) is 3.58. The molecule has 0 spiro atoms. The van der Waals surface area contributed by atoms with Crippen LogP contribution in [0.4, 0.5) is 0 Å². The molecule has 5 heteroatoms. The Labute approximate surface area is 94.1 Å². The fraction of sp³-hybridized carbons (Fsp3) is 0.400. The molecule has 0 saturated heterocycles. The van der Waals surface area contributed by atoms with Crippen molar-refractivity contribution in [2.75, 3.05) is 5.75 Å². The largest absolute Gasteiger partial charge is 0.508 e. The van der Waals surface area contributed by atoms with Crippen LogP contribution in [-0.2, 0) is 14.5 Å². The molecule has 0 radical (unpaired) electrons. The Kier molecular flexibility index (Phi) is 3.31. The Morgan fingerprint density at radius 3 is 2.13 bits per heavy atom. The van der Waals surface area contributed by atoms with Crippen LogP contribution in [0.5, 0.6) is 5.75 Å². The summed E-state index contributed by atoms with van der Waals surface area (Å²) in [6.07, 6.45) is 0. The van der Waals surface area contributed by atoms with Gasteiger partial charge in [-0.1, -0.05) is 26.0 Å². The van der Waals surface area contributed by atoms with Crippen molar-refractivity contribution >= 4 is 19.7 Å². The first-order valence-electron chi connectivity index (χ1n) is 4.42. The number of halogens is 1. The molecule has 1 N–H and O–H groups in total. The van der Waals surface area contributed by atoms with Crippen LogP contribution >= 0.6 is 10.7 Å². The van der Waals surface area contributed by atoms with E-state index in [1.165, 1.54) is 12.1 Å². The number of hydrogen-bond donors (Lipinski definition) is 1. The highest BCUT2D eigenvalue weighted by Crippen LogP contribution is 2.27. The molecular weight excluding hydrogens is 236 g/mol. The highest BCUT2D eigenvalue weighted by molar-refractivity contribution is 8.13. The topological polar surface area (TPSA) is 54.4 Å². The Morgan fingerprint density at radius 2 is 1.73 bits per heavy atom. The monoisotopic (exact) mass is 248 g/mol. The van der Waals surface area contributed by atoms with Crippen LogP contribution in [0.1, 0.15) is 19.4 Å². The van der Waals surface area contributed by atoms with Crippen LogP contribution < -0.4 is 0 Å². The van der Waals surface area contributed by atoms with Gasteiger partial charge in [0, 0.05) is 16.1 Å². The summed E-state index contributed by atoms with van der Waals surface area (Å²) < 4.78 is 22.0. The number of hydrogen-bond acceptors (Lipinski definition) is 3. The van der Waals surface area contributed by atoms with E-state index in [2.05, 4.69) is 0 Å². The van der Waals surface area contributed by atoms with Gasteiger partial charge in [0.2, 0.25) is 9.05 Å². The van der Waals surface area contributed by atoms with Crippen molar-refractivity contribution in [3.63, 3.8) is 0 Å². The average Bonchev–Trinajstić information content (AvgIpc) is 2.00. The van der Waals surface area contributed by atoms with Gasteiger partial charge in [-0.2, -0.15) is 0 Å². The highest BCUT2D eigenvalue weighted by atomic mass is 35.7. The van der Waals surface area contributed by atoms with Gasteiger partial charge in [-0.05, 0) is 17.7 Å². The lowest BCUT2D eigenvalue weighted by atomic mass is 9.87. The molecule has 0 heterocycles. The van der Waals surface area contributed by atoms with Crippen molar-refractivity contribution < 1.29 is 13.5 Å². The van der Waals surface area contributed by atoms with E-state index in [9.17, 15) is 8.42 Å². The second kappa shape index (κ2) is 4.02. The summed E-state index contributed by atoms with van der Waals surface area (Å²) in [6, 6.07) is 6.44. The smallest absolute Gasteiger partial charge is 0.233 e. The molecule has 0 aliphatic carbocycles. The molecule has 0 amide bonds. The third-order valence-electron chi connectivity index (χ3n) is 2.18. The van der Waals surface area contributed by atoms with Gasteiger partial charge in [0.15, 0.2) is 0 Å². The standard InChI is InChI=1S/C10H13ClO3S/c1-10(2,7-15(11,13)14)8-3-5-9(12)6-4-8/h3-6,12H,7H2,1-2H3. The molecule has 1 aromatic rings. The molecule has 0 bridgehead atoms. The van der Waals surface area contributed by atoms with Crippen LogP contribution in [0.25, 0.3) is 0 Å². The number of phenols is 1. The lowest BCUT2D eigenvalue weighted by Gasteiger charge is -2.23. The van der Waals surface area contributed by atoms with Gasteiger partial charge in [-0.25, -0.2) is 8.42 Å². The molecular formula is C10H13ClO3S. The van der Waals surface area contributed by atoms with Gasteiger partial charge in [0.1, 0.15) is 5.75 Å². The number of rotatable bonds is 3. The van der Waals surface area contributed by atoms with E-state index in [0.29, 0.717) is 0 Å². The van der Waals surface area contributed by atoms with Crippen LogP contribution in [0.3, 0.4) is 0 Å². The lowest BCUT2D eigenvalue weighted by Crippen LogP contribution is -2.25. The van der Waals surface area contributed by atoms with Gasteiger partial charge >= 0.3 is 0 Å². The summed E-state index contributed by atoms with van der Waals surface area (Å²) >= 11 is 0. The van der Waals surface area contributed by atoms with E-state index in [4.69, 9.17) is 15.8 Å². The van der Waals surface area contributed by atoms with Gasteiger partial charge < -0.3 is 5.11 Å². The van der Waals surface area contributed by atoms with E-state index in [1.54, 1.807) is 26.0 Å². The summed E-state index contributed by atoms with van der Waals surface area (Å²) in [5.41, 5.74) is 0.262. The van der Waals surface area contributed by atoms with Gasteiger partial charge in [0.25, 0.3) is 0 Å². The third-order valence-corrected chi connectivity index (χ3v) is 3.58. The Hall–Kier alpha value is -0.740. The van der Waals surface area contributed by atoms with Gasteiger partial charge in [-0.3, -0.25) is 0 Å². The maximum Gasteiger partial charge on any atom is 0.233 e. The fourth-order valence-electron chi connectivity index (χ4n) is 1.43. The SMILES string of the molecule is CC(C)(CS(=O)(=O)Cl)c1ccc(O)cc1. The van der Waals surface area contributed by atoms with E-state index in [-0.39, 0.29) is 11.5 Å². The quantitative estimate of drug-likeness (QED) is 0.835. The van der Waals surface area contributed by atoms with Crippen molar-refractivity contribution in [2.24, 2.45) is 0 Å². The number of benzene rings is 1. The highest BCUT2D eigenvalue weighted by Gasteiger charge is 2.26. The van der Waals surface area contributed by atoms with E-state index >= 15 is 0 Å². The molecule has 1 aromatic carbocycles. The van der Waals surface area contributed by atoms with Crippen molar-refractivity contribution in [2.45, 2.75) is 19.3 Å². The third kappa shape index (κ3) is 3.72. The molecule has 0 aliphatic heterocycles. The number of aromatic hydroxyl groups is 1. The molecule has 0 fully saturated rings. The molecule has 0 aliphatic rings. The van der Waals surface area contributed by atoms with Crippen molar-refractivity contribution in [1.82, 2.24) is 0 Å². The molecule has 15 heavy (non-hydrogen) atoms. The van der Waals surface area contributed by atoms with Crippen molar-refractivity contribution in [3.8, 4) is 5.75 Å². The summed E-state index contributed by atoms with van der Waals surface area (Å²) in [5.74, 6) is 0.0232. The van der Waals surface area contributed by atoms with Gasteiger partial charge in [0.05, 0.1) is 5.75 Å². The fourth-order valence-corrected chi connectivity index (χ4v) is 3.27. The van der Waals surface area contributed by atoms with Crippen LogP contribution in [0, 0.1) is 0 Å². The first kappa shape index (κ1) is 12.3. The zero-order chi connectivity index (χ0) is 11.7. The first-order valence-corrected chi connectivity index (χ1v) is 6.90.